The average Bonchev–Trinajstić information content (AvgIpc) is 3.15. The number of nitrogens with zero attached hydrogens (tertiary/aromatic N) is 1. The minimum atomic E-state index is -0.517. The molecule has 0 aromatic heterocycles. The first-order chi connectivity index (χ1) is 15.2. The minimum Gasteiger partial charge on any atom is -0.490 e. The summed E-state index contributed by atoms with van der Waals surface area (Å²) in [4.78, 5) is 17.1. The standard InChI is InChI=1S/C25H20FNO4/c1-2-29-23-15-17(12-13-22(23)30-16-19-10-6-7-11-21(19)26)14-20-24(27-31-25(20)28)18-8-4-3-5-9-18/h3-15H,2,16H2,1H3/b20-14-. The van der Waals surface area contributed by atoms with Crippen LogP contribution in [0.5, 0.6) is 11.5 Å². The first-order valence-corrected chi connectivity index (χ1v) is 9.85. The van der Waals surface area contributed by atoms with E-state index in [1.165, 1.54) is 6.07 Å². The van der Waals surface area contributed by atoms with E-state index in [9.17, 15) is 9.18 Å². The third-order valence-corrected chi connectivity index (χ3v) is 4.66. The van der Waals surface area contributed by atoms with Gasteiger partial charge in [0, 0.05) is 11.1 Å². The monoisotopic (exact) mass is 417 g/mol. The summed E-state index contributed by atoms with van der Waals surface area (Å²) in [6, 6.07) is 21.1. The number of rotatable bonds is 7. The summed E-state index contributed by atoms with van der Waals surface area (Å²) in [6.45, 7) is 2.36. The van der Waals surface area contributed by atoms with Crippen LogP contribution in [-0.2, 0) is 16.2 Å². The van der Waals surface area contributed by atoms with Crippen LogP contribution in [0.4, 0.5) is 4.39 Å². The summed E-state index contributed by atoms with van der Waals surface area (Å²) >= 11 is 0. The van der Waals surface area contributed by atoms with Gasteiger partial charge in [0.05, 0.1) is 12.2 Å². The number of oxime groups is 1. The van der Waals surface area contributed by atoms with E-state index in [0.717, 1.165) is 11.1 Å². The fourth-order valence-corrected chi connectivity index (χ4v) is 3.15. The molecule has 0 saturated carbocycles. The first-order valence-electron chi connectivity index (χ1n) is 9.85. The van der Waals surface area contributed by atoms with Gasteiger partial charge >= 0.3 is 5.97 Å². The Labute approximate surface area is 179 Å². The molecule has 0 radical (unpaired) electrons. The molecule has 0 aliphatic carbocycles. The number of carbonyl (C=O) groups is 1. The lowest BCUT2D eigenvalue weighted by Gasteiger charge is -2.13. The van der Waals surface area contributed by atoms with Crippen LogP contribution in [0.2, 0.25) is 0 Å². The Morgan fingerprint density at radius 1 is 0.968 bits per heavy atom. The van der Waals surface area contributed by atoms with Gasteiger partial charge in [0.1, 0.15) is 18.1 Å². The van der Waals surface area contributed by atoms with Crippen molar-refractivity contribution >= 4 is 17.8 Å². The van der Waals surface area contributed by atoms with E-state index in [2.05, 4.69) is 5.16 Å². The number of halogens is 1. The van der Waals surface area contributed by atoms with Crippen molar-refractivity contribution in [1.82, 2.24) is 0 Å². The number of hydrogen-bond donors (Lipinski definition) is 0. The summed E-state index contributed by atoms with van der Waals surface area (Å²) in [5, 5.41) is 3.92. The molecule has 31 heavy (non-hydrogen) atoms. The highest BCUT2D eigenvalue weighted by atomic mass is 19.1. The predicted molar refractivity (Wildman–Crippen MR) is 115 cm³/mol. The summed E-state index contributed by atoms with van der Waals surface area (Å²) < 4.78 is 25.4. The van der Waals surface area contributed by atoms with Gasteiger partial charge in [-0.3, -0.25) is 0 Å². The lowest BCUT2D eigenvalue weighted by atomic mass is 10.0. The predicted octanol–water partition coefficient (Wildman–Crippen LogP) is 5.15. The van der Waals surface area contributed by atoms with Gasteiger partial charge in [0.25, 0.3) is 0 Å². The smallest absolute Gasteiger partial charge is 0.368 e. The molecule has 156 valence electrons. The number of ether oxygens (including phenoxy) is 2. The van der Waals surface area contributed by atoms with Gasteiger partial charge in [-0.1, -0.05) is 59.8 Å². The lowest BCUT2D eigenvalue weighted by molar-refractivity contribution is -0.136. The maximum atomic E-state index is 13.9. The number of carbonyl (C=O) groups excluding carboxylic acids is 1. The second-order valence-corrected chi connectivity index (χ2v) is 6.76. The van der Waals surface area contributed by atoms with Crippen LogP contribution in [0.15, 0.2) is 83.5 Å². The lowest BCUT2D eigenvalue weighted by Crippen LogP contribution is -2.07. The second kappa shape index (κ2) is 9.26. The number of hydrogen-bond acceptors (Lipinski definition) is 5. The van der Waals surface area contributed by atoms with Crippen LogP contribution in [0.1, 0.15) is 23.6 Å². The van der Waals surface area contributed by atoms with Gasteiger partial charge in [-0.15, -0.1) is 0 Å². The SMILES string of the molecule is CCOc1cc(/C=C2\C(=O)ON=C2c2ccccc2)ccc1OCc1ccccc1F. The van der Waals surface area contributed by atoms with Gasteiger partial charge in [0.2, 0.25) is 0 Å². The van der Waals surface area contributed by atoms with Crippen molar-refractivity contribution in [2.45, 2.75) is 13.5 Å². The van der Waals surface area contributed by atoms with Gasteiger partial charge < -0.3 is 14.3 Å². The summed E-state index contributed by atoms with van der Waals surface area (Å²) in [6.07, 6.45) is 1.70. The van der Waals surface area contributed by atoms with Crippen molar-refractivity contribution in [2.24, 2.45) is 5.16 Å². The molecule has 0 spiro atoms. The Hall–Kier alpha value is -3.93. The Morgan fingerprint density at radius 3 is 2.52 bits per heavy atom. The van der Waals surface area contributed by atoms with Crippen molar-refractivity contribution in [3.05, 3.63) is 101 Å². The molecule has 0 atom stereocenters. The second-order valence-electron chi connectivity index (χ2n) is 6.76. The topological polar surface area (TPSA) is 57.1 Å². The molecule has 1 heterocycles. The Bertz CT molecular complexity index is 1160. The molecule has 0 amide bonds. The maximum absolute atomic E-state index is 13.9. The highest BCUT2D eigenvalue weighted by Gasteiger charge is 2.26. The molecule has 3 aromatic rings. The van der Waals surface area contributed by atoms with Crippen LogP contribution in [-0.4, -0.2) is 18.3 Å². The Kier molecular flexibility index (Phi) is 6.08. The minimum absolute atomic E-state index is 0.0737. The zero-order valence-corrected chi connectivity index (χ0v) is 16.9. The van der Waals surface area contributed by atoms with Crippen molar-refractivity contribution in [1.29, 1.82) is 0 Å². The van der Waals surface area contributed by atoms with Crippen LogP contribution >= 0.6 is 0 Å². The van der Waals surface area contributed by atoms with Crippen LogP contribution in [0.3, 0.4) is 0 Å². The largest absolute Gasteiger partial charge is 0.490 e. The molecule has 0 bridgehead atoms. The summed E-state index contributed by atoms with van der Waals surface area (Å²) in [5.74, 6) is 0.141. The van der Waals surface area contributed by atoms with E-state index in [1.54, 1.807) is 42.5 Å². The Balaban J connectivity index is 1.60. The third kappa shape index (κ3) is 4.64. The third-order valence-electron chi connectivity index (χ3n) is 4.66. The zero-order chi connectivity index (χ0) is 21.6. The molecule has 0 N–H and O–H groups in total. The van der Waals surface area contributed by atoms with Crippen LogP contribution < -0.4 is 9.47 Å². The first kappa shape index (κ1) is 20.3. The van der Waals surface area contributed by atoms with Gasteiger partial charge in [0.15, 0.2) is 11.5 Å². The van der Waals surface area contributed by atoms with Gasteiger partial charge in [-0.2, -0.15) is 0 Å². The van der Waals surface area contributed by atoms with Gasteiger partial charge in [-0.25, -0.2) is 9.18 Å². The molecule has 0 saturated heterocycles. The normalized spacial score (nSPS) is 14.3. The molecule has 1 aliphatic heterocycles. The van der Waals surface area contributed by atoms with Crippen molar-refractivity contribution in [3.63, 3.8) is 0 Å². The molecule has 5 nitrogen and oxygen atoms in total. The Morgan fingerprint density at radius 2 is 1.74 bits per heavy atom. The fraction of sp³-hybridized carbons (Fsp3) is 0.120. The van der Waals surface area contributed by atoms with E-state index in [1.807, 2.05) is 37.3 Å². The van der Waals surface area contributed by atoms with Crippen molar-refractivity contribution < 1.29 is 23.5 Å². The average molecular weight is 417 g/mol. The molecular formula is C25H20FNO4. The van der Waals surface area contributed by atoms with Crippen LogP contribution in [0.25, 0.3) is 6.08 Å². The van der Waals surface area contributed by atoms with E-state index in [4.69, 9.17) is 14.3 Å². The molecule has 0 fully saturated rings. The molecule has 6 heteroatoms. The summed E-state index contributed by atoms with van der Waals surface area (Å²) in [5.41, 5.74) is 2.79. The molecular weight excluding hydrogens is 397 g/mol. The number of benzene rings is 3. The fourth-order valence-electron chi connectivity index (χ4n) is 3.15. The molecule has 0 unspecified atom stereocenters. The summed E-state index contributed by atoms with van der Waals surface area (Å²) in [7, 11) is 0. The van der Waals surface area contributed by atoms with Crippen LogP contribution in [0, 0.1) is 5.82 Å². The van der Waals surface area contributed by atoms with E-state index < -0.39 is 5.97 Å². The van der Waals surface area contributed by atoms with E-state index >= 15 is 0 Å². The van der Waals surface area contributed by atoms with Gasteiger partial charge in [-0.05, 0) is 36.8 Å². The zero-order valence-electron chi connectivity index (χ0n) is 16.9. The van der Waals surface area contributed by atoms with E-state index in [-0.39, 0.29) is 12.4 Å². The quantitative estimate of drug-likeness (QED) is 0.394. The van der Waals surface area contributed by atoms with E-state index in [0.29, 0.717) is 35.0 Å². The molecule has 3 aromatic carbocycles. The molecule has 1 aliphatic rings. The molecule has 4 rings (SSSR count). The highest BCUT2D eigenvalue weighted by molar-refractivity contribution is 6.31. The van der Waals surface area contributed by atoms with Crippen molar-refractivity contribution in [2.75, 3.05) is 6.61 Å². The highest BCUT2D eigenvalue weighted by Crippen LogP contribution is 2.31. The maximum Gasteiger partial charge on any atom is 0.368 e. The van der Waals surface area contributed by atoms with Crippen molar-refractivity contribution in [3.8, 4) is 11.5 Å².